The Morgan fingerprint density at radius 1 is 1.14 bits per heavy atom. The van der Waals surface area contributed by atoms with E-state index < -0.39 is 0 Å². The largest absolute Gasteiger partial charge is 0.381 e. The molecule has 0 saturated carbocycles. The minimum Gasteiger partial charge on any atom is -0.381 e. The molecule has 0 amide bonds. The van der Waals surface area contributed by atoms with Crippen LogP contribution in [0.25, 0.3) is 0 Å². The van der Waals surface area contributed by atoms with Gasteiger partial charge in [-0.05, 0) is 64.3 Å². The maximum absolute atomic E-state index is 5.58. The van der Waals surface area contributed by atoms with Gasteiger partial charge in [-0.3, -0.25) is 4.99 Å². The second-order valence-electron chi connectivity index (χ2n) is 8.63. The first-order valence-corrected chi connectivity index (χ1v) is 10.7. The number of benzene rings is 1. The Kier molecular flexibility index (Phi) is 8.77. The summed E-state index contributed by atoms with van der Waals surface area (Å²) in [7, 11) is 4.31. The van der Waals surface area contributed by atoms with Crippen LogP contribution in [0.4, 0.5) is 0 Å². The van der Waals surface area contributed by atoms with Crippen LogP contribution in [0.3, 0.4) is 0 Å². The fourth-order valence-corrected chi connectivity index (χ4v) is 3.75. The van der Waals surface area contributed by atoms with E-state index >= 15 is 0 Å². The highest BCUT2D eigenvalue weighted by atomic mass is 16.5. The fraction of sp³-hybridized carbons (Fsp3) is 0.696. The van der Waals surface area contributed by atoms with Crippen LogP contribution in [-0.2, 0) is 11.2 Å². The highest BCUT2D eigenvalue weighted by Gasteiger charge is 2.34. The summed E-state index contributed by atoms with van der Waals surface area (Å²) in [6.45, 7) is 12.1. The number of aliphatic imine (C=N–C) groups is 1. The van der Waals surface area contributed by atoms with Crippen LogP contribution < -0.4 is 10.6 Å². The van der Waals surface area contributed by atoms with Gasteiger partial charge in [0.1, 0.15) is 0 Å². The van der Waals surface area contributed by atoms with Crippen molar-refractivity contribution in [2.24, 2.45) is 10.9 Å². The third-order valence-electron chi connectivity index (χ3n) is 5.72. The van der Waals surface area contributed by atoms with Crippen molar-refractivity contribution in [3.8, 4) is 0 Å². The lowest BCUT2D eigenvalue weighted by atomic mass is 9.89. The molecule has 1 heterocycles. The normalized spacial score (nSPS) is 18.4. The van der Waals surface area contributed by atoms with E-state index in [1.54, 1.807) is 0 Å². The molecule has 1 aromatic rings. The number of hydrogen-bond donors (Lipinski definition) is 2. The standard InChI is InChI=1S/C23H40N4O/c1-7-24-22(25-17-23(27(5)6)12-14-28-15-13-23)26-19(4)21-10-8-20(9-11-21)16-18(2)3/h8-11,18-19H,7,12-17H2,1-6H3,(H2,24,25,26). The Morgan fingerprint density at radius 3 is 2.32 bits per heavy atom. The molecular weight excluding hydrogens is 348 g/mol. The predicted molar refractivity (Wildman–Crippen MR) is 119 cm³/mol. The summed E-state index contributed by atoms with van der Waals surface area (Å²) in [5.41, 5.74) is 2.77. The van der Waals surface area contributed by atoms with Crippen molar-refractivity contribution in [1.82, 2.24) is 15.5 Å². The molecule has 1 saturated heterocycles. The third-order valence-corrected chi connectivity index (χ3v) is 5.72. The van der Waals surface area contributed by atoms with E-state index in [0.717, 1.165) is 51.5 Å². The smallest absolute Gasteiger partial charge is 0.191 e. The summed E-state index contributed by atoms with van der Waals surface area (Å²) < 4.78 is 5.58. The van der Waals surface area contributed by atoms with Crippen LogP contribution in [0.5, 0.6) is 0 Å². The van der Waals surface area contributed by atoms with Gasteiger partial charge in [-0.2, -0.15) is 0 Å². The summed E-state index contributed by atoms with van der Waals surface area (Å²) in [5.74, 6) is 1.57. The van der Waals surface area contributed by atoms with Crippen LogP contribution in [0.2, 0.25) is 0 Å². The lowest BCUT2D eigenvalue weighted by Gasteiger charge is -2.41. The van der Waals surface area contributed by atoms with Gasteiger partial charge in [0.05, 0.1) is 12.6 Å². The van der Waals surface area contributed by atoms with Crippen molar-refractivity contribution in [1.29, 1.82) is 0 Å². The zero-order chi connectivity index (χ0) is 20.6. The van der Waals surface area contributed by atoms with Gasteiger partial charge in [-0.1, -0.05) is 38.1 Å². The van der Waals surface area contributed by atoms with E-state index in [2.05, 4.69) is 81.6 Å². The van der Waals surface area contributed by atoms with Crippen LogP contribution in [-0.4, -0.2) is 56.8 Å². The van der Waals surface area contributed by atoms with Gasteiger partial charge >= 0.3 is 0 Å². The van der Waals surface area contributed by atoms with Crippen molar-refractivity contribution >= 4 is 5.96 Å². The second kappa shape index (κ2) is 10.8. The van der Waals surface area contributed by atoms with Crippen LogP contribution in [0.1, 0.15) is 57.7 Å². The number of hydrogen-bond acceptors (Lipinski definition) is 3. The number of nitrogens with one attached hydrogen (secondary N) is 2. The lowest BCUT2D eigenvalue weighted by Crippen LogP contribution is -2.51. The van der Waals surface area contributed by atoms with E-state index in [0.29, 0.717) is 5.92 Å². The number of ether oxygens (including phenoxy) is 1. The molecule has 0 spiro atoms. The van der Waals surface area contributed by atoms with Gasteiger partial charge < -0.3 is 20.3 Å². The Bertz CT molecular complexity index is 604. The average molecular weight is 389 g/mol. The summed E-state index contributed by atoms with van der Waals surface area (Å²) in [4.78, 5) is 7.27. The number of guanidine groups is 1. The van der Waals surface area contributed by atoms with Crippen molar-refractivity contribution < 1.29 is 4.74 Å². The molecule has 1 aliphatic heterocycles. The fourth-order valence-electron chi connectivity index (χ4n) is 3.75. The molecule has 5 nitrogen and oxygen atoms in total. The van der Waals surface area contributed by atoms with Gasteiger partial charge in [-0.25, -0.2) is 0 Å². The summed E-state index contributed by atoms with van der Waals surface area (Å²) in [6.07, 6.45) is 3.17. The molecular formula is C23H40N4O. The van der Waals surface area contributed by atoms with Crippen LogP contribution in [0, 0.1) is 5.92 Å². The number of rotatable bonds is 8. The first-order chi connectivity index (χ1) is 13.4. The first kappa shape index (κ1) is 22.7. The van der Waals surface area contributed by atoms with Crippen molar-refractivity contribution in [2.75, 3.05) is 40.4 Å². The van der Waals surface area contributed by atoms with E-state index in [4.69, 9.17) is 9.73 Å². The molecule has 1 fully saturated rings. The topological polar surface area (TPSA) is 48.9 Å². The summed E-state index contributed by atoms with van der Waals surface area (Å²) in [6, 6.07) is 9.18. The second-order valence-corrected chi connectivity index (χ2v) is 8.63. The molecule has 0 aliphatic carbocycles. The average Bonchev–Trinajstić information content (AvgIpc) is 2.67. The van der Waals surface area contributed by atoms with Crippen LogP contribution in [0.15, 0.2) is 29.3 Å². The van der Waals surface area contributed by atoms with Crippen molar-refractivity contribution in [2.45, 2.75) is 58.5 Å². The Labute approximate surface area is 171 Å². The Hall–Kier alpha value is -1.59. The van der Waals surface area contributed by atoms with Crippen molar-refractivity contribution in [3.63, 3.8) is 0 Å². The maximum Gasteiger partial charge on any atom is 0.191 e. The quantitative estimate of drug-likeness (QED) is 0.528. The minimum absolute atomic E-state index is 0.0856. The lowest BCUT2D eigenvalue weighted by molar-refractivity contribution is -0.00255. The predicted octanol–water partition coefficient (Wildman–Crippen LogP) is 3.61. The van der Waals surface area contributed by atoms with E-state index in [-0.39, 0.29) is 11.6 Å². The third kappa shape index (κ3) is 6.49. The minimum atomic E-state index is 0.0856. The maximum atomic E-state index is 5.58. The summed E-state index contributed by atoms with van der Waals surface area (Å²) in [5, 5.41) is 6.98. The Morgan fingerprint density at radius 2 is 1.79 bits per heavy atom. The summed E-state index contributed by atoms with van der Waals surface area (Å²) >= 11 is 0. The molecule has 2 N–H and O–H groups in total. The van der Waals surface area contributed by atoms with E-state index in [1.165, 1.54) is 11.1 Å². The van der Waals surface area contributed by atoms with E-state index in [1.807, 2.05) is 0 Å². The molecule has 2 rings (SSSR count). The Balaban J connectivity index is 2.05. The van der Waals surface area contributed by atoms with Gasteiger partial charge in [0.2, 0.25) is 0 Å². The monoisotopic (exact) mass is 388 g/mol. The molecule has 28 heavy (non-hydrogen) atoms. The van der Waals surface area contributed by atoms with Crippen LogP contribution >= 0.6 is 0 Å². The van der Waals surface area contributed by atoms with Gasteiger partial charge in [0.15, 0.2) is 5.96 Å². The van der Waals surface area contributed by atoms with Crippen molar-refractivity contribution in [3.05, 3.63) is 35.4 Å². The van der Waals surface area contributed by atoms with Gasteiger partial charge in [0.25, 0.3) is 0 Å². The highest BCUT2D eigenvalue weighted by molar-refractivity contribution is 5.80. The van der Waals surface area contributed by atoms with Gasteiger partial charge in [-0.15, -0.1) is 0 Å². The molecule has 0 aromatic heterocycles. The molecule has 1 aromatic carbocycles. The molecule has 0 bridgehead atoms. The molecule has 5 heteroatoms. The molecule has 1 unspecified atom stereocenters. The molecule has 158 valence electrons. The zero-order valence-electron chi connectivity index (χ0n) is 18.7. The number of likely N-dealkylation sites (N-methyl/N-ethyl adjacent to an activating group) is 1. The molecule has 1 aliphatic rings. The highest BCUT2D eigenvalue weighted by Crippen LogP contribution is 2.26. The zero-order valence-corrected chi connectivity index (χ0v) is 18.7. The first-order valence-electron chi connectivity index (χ1n) is 10.7. The molecule has 1 atom stereocenters. The molecule has 0 radical (unpaired) electrons. The SMILES string of the molecule is CCNC(=NCC1(N(C)C)CCOCC1)NC(C)c1ccc(CC(C)C)cc1. The number of nitrogens with zero attached hydrogens (tertiary/aromatic N) is 2. The van der Waals surface area contributed by atoms with Gasteiger partial charge in [0, 0.05) is 25.3 Å². The van der Waals surface area contributed by atoms with E-state index in [9.17, 15) is 0 Å².